The Morgan fingerprint density at radius 2 is 1.15 bits per heavy atom. The minimum absolute atomic E-state index is 0.00586. The zero-order chi connectivity index (χ0) is 46.4. The number of para-hydroxylation sites is 2. The Balaban J connectivity index is 0.984. The van der Waals surface area contributed by atoms with Gasteiger partial charge in [-0.05, 0) is 89.2 Å². The highest BCUT2D eigenvalue weighted by molar-refractivity contribution is 8.01. The predicted octanol–water partition coefficient (Wildman–Crippen LogP) is 9.54. The molecular formula is C53H59N5O7S. The van der Waals surface area contributed by atoms with Crippen LogP contribution in [0.3, 0.4) is 0 Å². The van der Waals surface area contributed by atoms with E-state index in [0.717, 1.165) is 53.1 Å². The fourth-order valence-corrected chi connectivity index (χ4v) is 11.6. The summed E-state index contributed by atoms with van der Waals surface area (Å²) in [4.78, 5) is 50.1. The highest BCUT2D eigenvalue weighted by atomic mass is 32.2. The van der Waals surface area contributed by atoms with E-state index in [1.165, 1.54) is 11.1 Å². The molecule has 13 heteroatoms. The molecule has 3 amide bonds. The number of nitrogens with zero attached hydrogens (tertiary/aromatic N) is 4. The summed E-state index contributed by atoms with van der Waals surface area (Å²) in [5.41, 5.74) is 9.09. The van der Waals surface area contributed by atoms with E-state index in [1.807, 2.05) is 102 Å². The summed E-state index contributed by atoms with van der Waals surface area (Å²) in [6.45, 7) is 10.3. The first-order chi connectivity index (χ1) is 31.7. The van der Waals surface area contributed by atoms with Gasteiger partial charge in [0.1, 0.15) is 13.2 Å². The van der Waals surface area contributed by atoms with Crippen LogP contribution in [0.1, 0.15) is 83.5 Å². The molecule has 344 valence electrons. The highest BCUT2D eigenvalue weighted by Gasteiger charge is 2.41. The maximum atomic E-state index is 14.2. The predicted molar refractivity (Wildman–Crippen MR) is 264 cm³/mol. The summed E-state index contributed by atoms with van der Waals surface area (Å²) in [6, 6.07) is 29.4. The van der Waals surface area contributed by atoms with Gasteiger partial charge < -0.3 is 43.9 Å². The van der Waals surface area contributed by atoms with E-state index in [9.17, 15) is 14.4 Å². The van der Waals surface area contributed by atoms with Crippen LogP contribution in [0.15, 0.2) is 91.0 Å². The lowest BCUT2D eigenvalue weighted by atomic mass is 10.1. The Morgan fingerprint density at radius 1 is 0.682 bits per heavy atom. The van der Waals surface area contributed by atoms with Crippen molar-refractivity contribution in [2.45, 2.75) is 88.7 Å². The molecule has 0 unspecified atom stereocenters. The van der Waals surface area contributed by atoms with Crippen LogP contribution in [0.2, 0.25) is 0 Å². The van der Waals surface area contributed by atoms with Crippen LogP contribution in [0.5, 0.6) is 23.0 Å². The van der Waals surface area contributed by atoms with Gasteiger partial charge >= 0.3 is 0 Å². The Hall–Kier alpha value is -6.34. The summed E-state index contributed by atoms with van der Waals surface area (Å²) in [7, 11) is 7.17. The minimum atomic E-state index is -0.0797. The normalized spacial score (nSPS) is 17.3. The van der Waals surface area contributed by atoms with Gasteiger partial charge in [-0.15, -0.1) is 0 Å². The number of fused-ring (bicyclic) bond motifs is 8. The fraction of sp³-hybridized carbons (Fsp3) is 0.377. The molecule has 5 aromatic rings. The van der Waals surface area contributed by atoms with Crippen LogP contribution < -0.4 is 43.9 Å². The molecule has 9 rings (SSSR count). The van der Waals surface area contributed by atoms with Crippen molar-refractivity contribution >= 4 is 57.9 Å². The van der Waals surface area contributed by atoms with Crippen LogP contribution in [0.4, 0.5) is 28.4 Å². The average Bonchev–Trinajstić information content (AvgIpc) is 3.79. The third-order valence-corrected chi connectivity index (χ3v) is 14.3. The van der Waals surface area contributed by atoms with E-state index in [-0.39, 0.29) is 47.8 Å². The number of thioether (sulfide) groups is 1. The van der Waals surface area contributed by atoms with Gasteiger partial charge in [0.2, 0.25) is 5.91 Å². The summed E-state index contributed by atoms with van der Waals surface area (Å²) < 4.78 is 24.8. The first-order valence-electron chi connectivity index (χ1n) is 22.8. The van der Waals surface area contributed by atoms with Crippen LogP contribution >= 0.6 is 11.8 Å². The molecule has 4 aliphatic rings. The quantitative estimate of drug-likeness (QED) is 0.116. The summed E-state index contributed by atoms with van der Waals surface area (Å²) in [5, 5.41) is 3.60. The highest BCUT2D eigenvalue weighted by Crippen LogP contribution is 2.44. The Labute approximate surface area is 392 Å². The van der Waals surface area contributed by atoms with Gasteiger partial charge in [-0.1, -0.05) is 64.1 Å². The molecule has 0 spiro atoms. The number of anilines is 5. The van der Waals surface area contributed by atoms with Crippen LogP contribution in [-0.2, 0) is 30.8 Å². The fourth-order valence-electron chi connectivity index (χ4n) is 10.1. The second-order valence-electron chi connectivity index (χ2n) is 18.7. The summed E-state index contributed by atoms with van der Waals surface area (Å²) >= 11 is 1.87. The van der Waals surface area contributed by atoms with Gasteiger partial charge in [-0.2, -0.15) is 11.8 Å². The summed E-state index contributed by atoms with van der Waals surface area (Å²) in [6.07, 6.45) is 2.67. The first-order valence-corrected chi connectivity index (χ1v) is 23.6. The van der Waals surface area contributed by atoms with E-state index >= 15 is 0 Å². The first kappa shape index (κ1) is 44.8. The van der Waals surface area contributed by atoms with E-state index in [1.54, 1.807) is 26.4 Å². The Morgan fingerprint density at radius 3 is 1.61 bits per heavy atom. The molecule has 0 aliphatic carbocycles. The molecule has 66 heavy (non-hydrogen) atoms. The molecule has 0 radical (unpaired) electrons. The number of likely N-dealkylation sites (N-methyl/N-ethyl adjacent to an activating group) is 2. The van der Waals surface area contributed by atoms with Crippen molar-refractivity contribution in [2.75, 3.05) is 66.3 Å². The number of amides is 3. The average molecular weight is 910 g/mol. The molecule has 0 saturated carbocycles. The van der Waals surface area contributed by atoms with Gasteiger partial charge in [-0.3, -0.25) is 14.4 Å². The standard InChI is InChI=1S/C53H59N5O7S/c1-32(2)66-53(3,4)18-17-50(59)54-37-20-33(30-64-48-26-44-40(24-46(48)62-7)51(60)57-38(28-55(44)5)22-35-13-9-11-15-42(35)57)19-34(21-37)31-65-49-27-45-41(25-47(49)63-8)52(61)58-39(29-56(45)6)23-36-14-10-12-16-43(36)58/h9-16,19-21,24-27,32,38-39H,17-18,22-23,28-31H2,1-8H3,(H,54,59)/t38-,39-/m0/s1. The number of rotatable bonds is 14. The van der Waals surface area contributed by atoms with Gasteiger partial charge in [0.05, 0.1) is 48.8 Å². The molecule has 0 saturated heterocycles. The molecule has 0 bridgehead atoms. The number of methoxy groups -OCH3 is 2. The SMILES string of the molecule is COc1cc2c(cc1OCc1cc(COc3cc4c(cc3OC)C(=O)N3c5ccccc5C[C@H]3CN4C)cc(NC(=O)CCC(C)(C)SC(C)C)c1)N(C)C[C@@H]1Cc3ccccc3N1C2=O. The largest absolute Gasteiger partial charge is 0.493 e. The second kappa shape index (κ2) is 18.1. The van der Waals surface area contributed by atoms with Crippen molar-refractivity contribution in [1.82, 2.24) is 0 Å². The molecule has 0 fully saturated rings. The van der Waals surface area contributed by atoms with E-state index in [0.29, 0.717) is 64.6 Å². The van der Waals surface area contributed by atoms with Crippen molar-refractivity contribution in [2.24, 2.45) is 0 Å². The van der Waals surface area contributed by atoms with Gasteiger partial charge in [0.15, 0.2) is 23.0 Å². The number of hydrogen-bond donors (Lipinski definition) is 1. The molecule has 0 aromatic heterocycles. The molecule has 5 aromatic carbocycles. The van der Waals surface area contributed by atoms with Crippen molar-refractivity contribution in [3.05, 3.63) is 124 Å². The van der Waals surface area contributed by atoms with Crippen molar-refractivity contribution in [3.63, 3.8) is 0 Å². The monoisotopic (exact) mass is 909 g/mol. The lowest BCUT2D eigenvalue weighted by molar-refractivity contribution is -0.116. The molecular weight excluding hydrogens is 851 g/mol. The van der Waals surface area contributed by atoms with Crippen LogP contribution in [0, 0.1) is 0 Å². The second-order valence-corrected chi connectivity index (χ2v) is 21.0. The number of carbonyl (C=O) groups is 3. The van der Waals surface area contributed by atoms with E-state index in [4.69, 9.17) is 18.9 Å². The zero-order valence-electron chi connectivity index (χ0n) is 39.1. The lowest BCUT2D eigenvalue weighted by Gasteiger charge is -2.26. The van der Waals surface area contributed by atoms with Gasteiger partial charge in [-0.25, -0.2) is 0 Å². The number of benzene rings is 5. The number of nitrogens with one attached hydrogen (secondary N) is 1. The lowest BCUT2D eigenvalue weighted by Crippen LogP contribution is -2.41. The van der Waals surface area contributed by atoms with Crippen LogP contribution in [0.25, 0.3) is 0 Å². The van der Waals surface area contributed by atoms with E-state index in [2.05, 4.69) is 54.9 Å². The number of ether oxygens (including phenoxy) is 4. The smallest absolute Gasteiger partial charge is 0.260 e. The Bertz CT molecular complexity index is 2540. The van der Waals surface area contributed by atoms with Crippen molar-refractivity contribution < 1.29 is 33.3 Å². The van der Waals surface area contributed by atoms with Gasteiger partial charge in [0.25, 0.3) is 11.8 Å². The van der Waals surface area contributed by atoms with Crippen molar-refractivity contribution in [1.29, 1.82) is 0 Å². The maximum Gasteiger partial charge on any atom is 0.260 e. The number of hydrogen-bond acceptors (Lipinski definition) is 10. The topological polar surface area (TPSA) is 113 Å². The van der Waals surface area contributed by atoms with Crippen LogP contribution in [-0.4, -0.2) is 81.2 Å². The number of carbonyl (C=O) groups excluding carboxylic acids is 3. The van der Waals surface area contributed by atoms with Crippen molar-refractivity contribution in [3.8, 4) is 23.0 Å². The van der Waals surface area contributed by atoms with Gasteiger partial charge in [0, 0.05) is 67.5 Å². The summed E-state index contributed by atoms with van der Waals surface area (Å²) in [5.74, 6) is 1.66. The third-order valence-electron chi connectivity index (χ3n) is 13.0. The molecule has 4 aliphatic heterocycles. The van der Waals surface area contributed by atoms with E-state index < -0.39 is 0 Å². The zero-order valence-corrected chi connectivity index (χ0v) is 39.9. The maximum absolute atomic E-state index is 14.2. The third kappa shape index (κ3) is 8.85. The molecule has 12 nitrogen and oxygen atoms in total. The molecule has 1 N–H and O–H groups in total. The minimum Gasteiger partial charge on any atom is -0.493 e. The molecule has 4 heterocycles. The molecule has 2 atom stereocenters. The Kier molecular flexibility index (Phi) is 12.3.